The van der Waals surface area contributed by atoms with Gasteiger partial charge in [-0.15, -0.1) is 0 Å². The molecule has 0 amide bonds. The molecule has 1 saturated heterocycles. The summed E-state index contributed by atoms with van der Waals surface area (Å²) in [5.74, 6) is 0.806. The molecular formula is C8H15BrFN. The number of alkyl halides is 2. The van der Waals surface area contributed by atoms with Crippen LogP contribution in [0.25, 0.3) is 0 Å². The molecule has 3 heteroatoms. The monoisotopic (exact) mass is 223 g/mol. The van der Waals surface area contributed by atoms with Crippen molar-refractivity contribution in [3.8, 4) is 0 Å². The standard InChI is InChI=1S/C8H15BrFN/c9-3-1-8-2-5-11(7-8)6-4-10/h8H,1-7H2. The van der Waals surface area contributed by atoms with Gasteiger partial charge in [0.1, 0.15) is 6.67 Å². The van der Waals surface area contributed by atoms with Crippen molar-refractivity contribution in [2.24, 2.45) is 5.92 Å². The van der Waals surface area contributed by atoms with Crippen LogP contribution in [-0.4, -0.2) is 36.5 Å². The van der Waals surface area contributed by atoms with Gasteiger partial charge in [0.15, 0.2) is 0 Å². The van der Waals surface area contributed by atoms with E-state index in [9.17, 15) is 4.39 Å². The third-order valence-corrected chi connectivity index (χ3v) is 2.75. The van der Waals surface area contributed by atoms with E-state index in [1.54, 1.807) is 0 Å². The van der Waals surface area contributed by atoms with E-state index in [0.717, 1.165) is 24.3 Å². The lowest BCUT2D eigenvalue weighted by Gasteiger charge is -2.12. The lowest BCUT2D eigenvalue weighted by Crippen LogP contribution is -2.23. The van der Waals surface area contributed by atoms with Crippen LogP contribution < -0.4 is 0 Å². The minimum Gasteiger partial charge on any atom is -0.300 e. The molecule has 1 aliphatic rings. The lowest BCUT2D eigenvalue weighted by atomic mass is 10.1. The van der Waals surface area contributed by atoms with Crippen LogP contribution in [0.15, 0.2) is 0 Å². The largest absolute Gasteiger partial charge is 0.300 e. The molecule has 66 valence electrons. The van der Waals surface area contributed by atoms with Gasteiger partial charge in [0.2, 0.25) is 0 Å². The zero-order valence-corrected chi connectivity index (χ0v) is 8.32. The third kappa shape index (κ3) is 3.08. The zero-order chi connectivity index (χ0) is 8.10. The van der Waals surface area contributed by atoms with Gasteiger partial charge < -0.3 is 4.90 Å². The minimum absolute atomic E-state index is 0.193. The van der Waals surface area contributed by atoms with E-state index < -0.39 is 0 Å². The summed E-state index contributed by atoms with van der Waals surface area (Å²) in [5.41, 5.74) is 0. The van der Waals surface area contributed by atoms with Crippen molar-refractivity contribution < 1.29 is 4.39 Å². The lowest BCUT2D eigenvalue weighted by molar-refractivity contribution is 0.287. The van der Waals surface area contributed by atoms with Crippen LogP contribution in [0.2, 0.25) is 0 Å². The van der Waals surface area contributed by atoms with E-state index in [2.05, 4.69) is 20.8 Å². The van der Waals surface area contributed by atoms with Gasteiger partial charge in [0.05, 0.1) is 0 Å². The Balaban J connectivity index is 2.12. The van der Waals surface area contributed by atoms with E-state index in [0.29, 0.717) is 6.54 Å². The molecule has 1 nitrogen and oxygen atoms in total. The second-order valence-electron chi connectivity index (χ2n) is 3.12. The predicted octanol–water partition coefficient (Wildman–Crippen LogP) is 2.06. The van der Waals surface area contributed by atoms with Crippen LogP contribution in [0.3, 0.4) is 0 Å². The van der Waals surface area contributed by atoms with Crippen molar-refractivity contribution in [1.82, 2.24) is 4.90 Å². The number of halogens is 2. The van der Waals surface area contributed by atoms with E-state index in [1.165, 1.54) is 12.8 Å². The van der Waals surface area contributed by atoms with Crippen molar-refractivity contribution in [2.75, 3.05) is 31.6 Å². The Labute approximate surface area is 76.1 Å². The van der Waals surface area contributed by atoms with Crippen LogP contribution in [0.5, 0.6) is 0 Å². The van der Waals surface area contributed by atoms with Crippen molar-refractivity contribution in [2.45, 2.75) is 12.8 Å². The number of rotatable bonds is 4. The topological polar surface area (TPSA) is 3.24 Å². The molecule has 0 saturated carbocycles. The number of nitrogens with zero attached hydrogens (tertiary/aromatic N) is 1. The maximum atomic E-state index is 11.9. The summed E-state index contributed by atoms with van der Waals surface area (Å²) in [7, 11) is 0. The summed E-state index contributed by atoms with van der Waals surface area (Å²) in [6, 6.07) is 0. The molecule has 1 fully saturated rings. The molecule has 0 aromatic heterocycles. The van der Waals surface area contributed by atoms with Crippen LogP contribution in [0, 0.1) is 5.92 Å². The molecular weight excluding hydrogens is 209 g/mol. The number of likely N-dealkylation sites (tertiary alicyclic amines) is 1. The molecule has 1 unspecified atom stereocenters. The molecule has 0 aromatic rings. The SMILES string of the molecule is FCCN1CCC(CCBr)C1. The van der Waals surface area contributed by atoms with Gasteiger partial charge in [0, 0.05) is 18.4 Å². The minimum atomic E-state index is -0.193. The molecule has 0 aromatic carbocycles. The summed E-state index contributed by atoms with van der Waals surface area (Å²) < 4.78 is 11.9. The van der Waals surface area contributed by atoms with E-state index in [4.69, 9.17) is 0 Å². The van der Waals surface area contributed by atoms with Gasteiger partial charge in [-0.25, -0.2) is 4.39 Å². The second kappa shape index (κ2) is 5.09. The Morgan fingerprint density at radius 1 is 1.55 bits per heavy atom. The van der Waals surface area contributed by atoms with Gasteiger partial charge in [-0.2, -0.15) is 0 Å². The Bertz CT molecular complexity index is 98.3. The maximum Gasteiger partial charge on any atom is 0.102 e. The van der Waals surface area contributed by atoms with Crippen molar-refractivity contribution in [1.29, 1.82) is 0 Å². The first kappa shape index (κ1) is 9.46. The normalized spacial score (nSPS) is 26.2. The summed E-state index contributed by atoms with van der Waals surface area (Å²) in [6.07, 6.45) is 2.49. The summed E-state index contributed by atoms with van der Waals surface area (Å²) in [4.78, 5) is 2.22. The average Bonchev–Trinajstić information content (AvgIpc) is 2.38. The van der Waals surface area contributed by atoms with Crippen molar-refractivity contribution in [3.05, 3.63) is 0 Å². The fourth-order valence-electron chi connectivity index (χ4n) is 1.63. The molecule has 0 bridgehead atoms. The highest BCUT2D eigenvalue weighted by atomic mass is 79.9. The van der Waals surface area contributed by atoms with Crippen LogP contribution in [0.4, 0.5) is 4.39 Å². The zero-order valence-electron chi connectivity index (χ0n) is 6.73. The molecule has 11 heavy (non-hydrogen) atoms. The molecule has 0 radical (unpaired) electrons. The molecule has 1 rings (SSSR count). The molecule has 1 atom stereocenters. The fraction of sp³-hybridized carbons (Fsp3) is 1.00. The number of hydrogen-bond donors (Lipinski definition) is 0. The van der Waals surface area contributed by atoms with E-state index in [1.807, 2.05) is 0 Å². The Hall–Kier alpha value is 0.370. The highest BCUT2D eigenvalue weighted by Gasteiger charge is 2.20. The fourth-order valence-corrected chi connectivity index (χ4v) is 2.27. The van der Waals surface area contributed by atoms with Gasteiger partial charge in [-0.05, 0) is 25.3 Å². The van der Waals surface area contributed by atoms with Crippen molar-refractivity contribution in [3.63, 3.8) is 0 Å². The molecule has 0 N–H and O–H groups in total. The Kier molecular flexibility index (Phi) is 4.38. The van der Waals surface area contributed by atoms with Crippen LogP contribution in [-0.2, 0) is 0 Å². The van der Waals surface area contributed by atoms with Crippen molar-refractivity contribution >= 4 is 15.9 Å². The first-order chi connectivity index (χ1) is 5.36. The van der Waals surface area contributed by atoms with E-state index in [-0.39, 0.29) is 6.67 Å². The maximum absolute atomic E-state index is 11.9. The highest BCUT2D eigenvalue weighted by Crippen LogP contribution is 2.19. The van der Waals surface area contributed by atoms with E-state index >= 15 is 0 Å². The Morgan fingerprint density at radius 2 is 2.36 bits per heavy atom. The predicted molar refractivity (Wildman–Crippen MR) is 48.9 cm³/mol. The van der Waals surface area contributed by atoms with Crippen LogP contribution in [0.1, 0.15) is 12.8 Å². The molecule has 1 aliphatic heterocycles. The molecule has 1 heterocycles. The first-order valence-corrected chi connectivity index (χ1v) is 5.33. The Morgan fingerprint density at radius 3 is 3.00 bits per heavy atom. The first-order valence-electron chi connectivity index (χ1n) is 4.21. The summed E-state index contributed by atoms with van der Waals surface area (Å²) in [6.45, 7) is 2.65. The smallest absolute Gasteiger partial charge is 0.102 e. The average molecular weight is 224 g/mol. The summed E-state index contributed by atoms with van der Waals surface area (Å²) in [5, 5.41) is 1.08. The van der Waals surface area contributed by atoms with Gasteiger partial charge in [-0.1, -0.05) is 15.9 Å². The summed E-state index contributed by atoms with van der Waals surface area (Å²) >= 11 is 3.43. The molecule has 0 aliphatic carbocycles. The third-order valence-electron chi connectivity index (χ3n) is 2.29. The number of hydrogen-bond acceptors (Lipinski definition) is 1. The van der Waals surface area contributed by atoms with Gasteiger partial charge in [-0.3, -0.25) is 0 Å². The van der Waals surface area contributed by atoms with Gasteiger partial charge >= 0.3 is 0 Å². The van der Waals surface area contributed by atoms with Gasteiger partial charge in [0.25, 0.3) is 0 Å². The highest BCUT2D eigenvalue weighted by molar-refractivity contribution is 9.09. The van der Waals surface area contributed by atoms with Crippen LogP contribution >= 0.6 is 15.9 Å². The molecule has 0 spiro atoms. The second-order valence-corrected chi connectivity index (χ2v) is 3.91. The quantitative estimate of drug-likeness (QED) is 0.660.